The molecule has 0 spiro atoms. The second kappa shape index (κ2) is 5.28. The predicted molar refractivity (Wildman–Crippen MR) is 74.4 cm³/mol. The minimum absolute atomic E-state index is 0.433. The van der Waals surface area contributed by atoms with E-state index < -0.39 is 11.8 Å². The number of aliphatic carboxylic acids is 1. The molecule has 0 bridgehead atoms. The third-order valence-corrected chi connectivity index (χ3v) is 3.22. The molecule has 0 aliphatic heterocycles. The smallest absolute Gasteiger partial charge is 0.328 e. The summed E-state index contributed by atoms with van der Waals surface area (Å²) in [6.07, 6.45) is 2.33. The van der Waals surface area contributed by atoms with Crippen molar-refractivity contribution in [3.63, 3.8) is 0 Å². The third-order valence-electron chi connectivity index (χ3n) is 3.22. The van der Waals surface area contributed by atoms with E-state index in [9.17, 15) is 9.18 Å². The van der Waals surface area contributed by atoms with Crippen LogP contribution in [0.25, 0.3) is 11.8 Å². The molecule has 0 unspecified atom stereocenters. The minimum atomic E-state index is -1.07. The van der Waals surface area contributed by atoms with Crippen LogP contribution in [0.2, 0.25) is 0 Å². The molecule has 1 aromatic carbocycles. The molecule has 0 aliphatic rings. The Bertz CT molecular complexity index is 702. The Kier molecular flexibility index (Phi) is 3.70. The highest BCUT2D eigenvalue weighted by atomic mass is 19.1. The van der Waals surface area contributed by atoms with Gasteiger partial charge in [0.2, 0.25) is 0 Å². The quantitative estimate of drug-likeness (QED) is 0.875. The Balaban J connectivity index is 2.52. The highest BCUT2D eigenvalue weighted by Gasteiger charge is 2.10. The summed E-state index contributed by atoms with van der Waals surface area (Å²) < 4.78 is 15.3. The Hall–Kier alpha value is -2.43. The first kappa shape index (κ1) is 14.0. The van der Waals surface area contributed by atoms with Gasteiger partial charge in [0.05, 0.1) is 11.4 Å². The molecular weight excluding hydrogens is 259 g/mol. The van der Waals surface area contributed by atoms with E-state index in [1.54, 1.807) is 10.7 Å². The molecule has 1 heterocycles. The Morgan fingerprint density at radius 2 is 2.00 bits per heavy atom. The predicted octanol–water partition coefficient (Wildman–Crippen LogP) is 3.03. The summed E-state index contributed by atoms with van der Waals surface area (Å²) in [5.74, 6) is -1.50. The number of benzene rings is 1. The van der Waals surface area contributed by atoms with Gasteiger partial charge in [-0.3, -0.25) is 0 Å². The molecule has 2 rings (SSSR count). The molecule has 2 aromatic rings. The fourth-order valence-corrected chi connectivity index (χ4v) is 1.95. The summed E-state index contributed by atoms with van der Waals surface area (Å²) in [7, 11) is 0. The van der Waals surface area contributed by atoms with Crippen molar-refractivity contribution in [1.82, 2.24) is 9.78 Å². The van der Waals surface area contributed by atoms with E-state index in [1.165, 1.54) is 18.2 Å². The van der Waals surface area contributed by atoms with Crippen LogP contribution >= 0.6 is 0 Å². The summed E-state index contributed by atoms with van der Waals surface area (Å²) >= 11 is 0. The van der Waals surface area contributed by atoms with Crippen LogP contribution in [-0.4, -0.2) is 20.9 Å². The average Bonchev–Trinajstić information content (AvgIpc) is 2.63. The molecule has 20 heavy (non-hydrogen) atoms. The summed E-state index contributed by atoms with van der Waals surface area (Å²) in [5.41, 5.74) is 3.92. The van der Waals surface area contributed by atoms with Gasteiger partial charge in [-0.25, -0.2) is 13.9 Å². The van der Waals surface area contributed by atoms with Crippen molar-refractivity contribution in [3.05, 3.63) is 52.6 Å². The third kappa shape index (κ3) is 2.77. The summed E-state index contributed by atoms with van der Waals surface area (Å²) in [6.45, 7) is 5.76. The average molecular weight is 274 g/mol. The van der Waals surface area contributed by atoms with Gasteiger partial charge < -0.3 is 5.11 Å². The maximum absolute atomic E-state index is 13.7. The number of halogens is 1. The monoisotopic (exact) mass is 274 g/mol. The summed E-state index contributed by atoms with van der Waals surface area (Å²) in [5, 5.41) is 13.0. The van der Waals surface area contributed by atoms with Gasteiger partial charge in [-0.15, -0.1) is 0 Å². The first-order valence-electron chi connectivity index (χ1n) is 6.13. The zero-order valence-electron chi connectivity index (χ0n) is 11.5. The van der Waals surface area contributed by atoms with Crippen LogP contribution in [0.15, 0.2) is 24.3 Å². The van der Waals surface area contributed by atoms with Crippen LogP contribution in [0.3, 0.4) is 0 Å². The number of rotatable bonds is 3. The fourth-order valence-electron chi connectivity index (χ4n) is 1.95. The Labute approximate surface area is 116 Å². The molecule has 1 N–H and O–H groups in total. The zero-order valence-corrected chi connectivity index (χ0v) is 11.5. The summed E-state index contributed by atoms with van der Waals surface area (Å²) in [6, 6.07) is 4.35. The highest BCUT2D eigenvalue weighted by Crippen LogP contribution is 2.19. The largest absolute Gasteiger partial charge is 0.478 e. The van der Waals surface area contributed by atoms with Crippen molar-refractivity contribution in [2.24, 2.45) is 0 Å². The van der Waals surface area contributed by atoms with Crippen LogP contribution in [0, 0.1) is 26.6 Å². The van der Waals surface area contributed by atoms with Gasteiger partial charge in [0.15, 0.2) is 0 Å². The van der Waals surface area contributed by atoms with Gasteiger partial charge in [0.25, 0.3) is 0 Å². The molecule has 0 aliphatic carbocycles. The first-order chi connectivity index (χ1) is 9.38. The molecule has 104 valence electrons. The first-order valence-corrected chi connectivity index (χ1v) is 6.13. The molecule has 4 nitrogen and oxygen atoms in total. The maximum atomic E-state index is 13.7. The molecule has 1 aromatic heterocycles. The number of aromatic nitrogens is 2. The van der Waals surface area contributed by atoms with Crippen molar-refractivity contribution in [2.75, 3.05) is 0 Å². The van der Waals surface area contributed by atoms with E-state index in [-0.39, 0.29) is 0 Å². The standard InChI is InChI=1S/C15H15FN2O2/c1-9-10(2)17-18(11(9)3)14-7-12(4-5-15(19)20)6-13(16)8-14/h4-8H,1-3H3,(H,19,20)/b5-4+. The molecule has 0 saturated heterocycles. The Morgan fingerprint density at radius 3 is 2.55 bits per heavy atom. The molecule has 0 fully saturated rings. The van der Waals surface area contributed by atoms with Crippen molar-refractivity contribution in [2.45, 2.75) is 20.8 Å². The van der Waals surface area contributed by atoms with Gasteiger partial charge >= 0.3 is 5.97 Å². The van der Waals surface area contributed by atoms with E-state index in [0.29, 0.717) is 11.3 Å². The van der Waals surface area contributed by atoms with Crippen molar-refractivity contribution in [3.8, 4) is 5.69 Å². The van der Waals surface area contributed by atoms with Gasteiger partial charge in [-0.2, -0.15) is 5.10 Å². The number of hydrogen-bond acceptors (Lipinski definition) is 2. The molecule has 5 heteroatoms. The highest BCUT2D eigenvalue weighted by molar-refractivity contribution is 5.85. The number of aryl methyl sites for hydroxylation is 1. The van der Waals surface area contributed by atoms with Crippen molar-refractivity contribution >= 4 is 12.0 Å². The van der Waals surface area contributed by atoms with Gasteiger partial charge in [-0.1, -0.05) is 0 Å². The number of hydrogen-bond donors (Lipinski definition) is 1. The van der Waals surface area contributed by atoms with Gasteiger partial charge in [0.1, 0.15) is 5.82 Å². The SMILES string of the molecule is Cc1nn(-c2cc(F)cc(/C=C/C(=O)O)c2)c(C)c1C. The van der Waals surface area contributed by atoms with Crippen LogP contribution in [0.5, 0.6) is 0 Å². The van der Waals surface area contributed by atoms with E-state index in [1.807, 2.05) is 20.8 Å². The number of carbonyl (C=O) groups is 1. The van der Waals surface area contributed by atoms with Crippen LogP contribution in [0.4, 0.5) is 4.39 Å². The number of nitrogens with zero attached hydrogens (tertiary/aromatic N) is 2. The molecule has 0 saturated carbocycles. The lowest BCUT2D eigenvalue weighted by Gasteiger charge is -2.06. The lowest BCUT2D eigenvalue weighted by Crippen LogP contribution is -2.00. The van der Waals surface area contributed by atoms with Crippen molar-refractivity contribution in [1.29, 1.82) is 0 Å². The number of carboxylic acid groups (broad SMARTS) is 1. The van der Waals surface area contributed by atoms with Gasteiger partial charge in [0, 0.05) is 11.8 Å². The number of carboxylic acids is 1. The van der Waals surface area contributed by atoms with E-state index in [0.717, 1.165) is 23.0 Å². The lowest BCUT2D eigenvalue weighted by molar-refractivity contribution is -0.131. The maximum Gasteiger partial charge on any atom is 0.328 e. The van der Waals surface area contributed by atoms with E-state index in [4.69, 9.17) is 5.11 Å². The van der Waals surface area contributed by atoms with E-state index in [2.05, 4.69) is 5.10 Å². The van der Waals surface area contributed by atoms with Gasteiger partial charge in [-0.05, 0) is 56.2 Å². The molecule has 0 atom stereocenters. The second-order valence-corrected chi connectivity index (χ2v) is 4.62. The molecule has 0 amide bonds. The Morgan fingerprint density at radius 1 is 1.30 bits per heavy atom. The summed E-state index contributed by atoms with van der Waals surface area (Å²) in [4.78, 5) is 10.5. The van der Waals surface area contributed by atoms with Crippen LogP contribution in [-0.2, 0) is 4.79 Å². The van der Waals surface area contributed by atoms with Crippen LogP contribution < -0.4 is 0 Å². The minimum Gasteiger partial charge on any atom is -0.478 e. The van der Waals surface area contributed by atoms with E-state index >= 15 is 0 Å². The van der Waals surface area contributed by atoms with Crippen molar-refractivity contribution < 1.29 is 14.3 Å². The fraction of sp³-hybridized carbons (Fsp3) is 0.200. The second-order valence-electron chi connectivity index (χ2n) is 4.62. The topological polar surface area (TPSA) is 55.1 Å². The molecular formula is C15H15FN2O2. The van der Waals surface area contributed by atoms with Crippen LogP contribution in [0.1, 0.15) is 22.5 Å². The normalized spacial score (nSPS) is 11.2. The molecule has 0 radical (unpaired) electrons. The zero-order chi connectivity index (χ0) is 14.9. The lowest BCUT2D eigenvalue weighted by atomic mass is 10.1.